The number of piperazine rings is 1. The summed E-state index contributed by atoms with van der Waals surface area (Å²) in [6.07, 6.45) is 0. The molecule has 24 heavy (non-hydrogen) atoms. The molecule has 0 N–H and O–H groups in total. The van der Waals surface area contributed by atoms with Crippen molar-refractivity contribution in [2.45, 2.75) is 6.92 Å². The molecule has 0 radical (unpaired) electrons. The van der Waals surface area contributed by atoms with Crippen molar-refractivity contribution < 1.29 is 9.66 Å². The molecule has 1 aliphatic rings. The van der Waals surface area contributed by atoms with E-state index in [1.54, 1.807) is 19.2 Å². The van der Waals surface area contributed by atoms with Crippen molar-refractivity contribution in [2.24, 2.45) is 0 Å². The Morgan fingerprint density at radius 2 is 1.50 bits per heavy atom. The van der Waals surface area contributed by atoms with E-state index in [9.17, 15) is 10.1 Å². The number of benzene rings is 2. The van der Waals surface area contributed by atoms with Gasteiger partial charge in [0, 0.05) is 55.8 Å². The Bertz CT molecular complexity index is 723. The minimum absolute atomic E-state index is 0.129. The number of methoxy groups -OCH3 is 1. The summed E-state index contributed by atoms with van der Waals surface area (Å²) in [6, 6.07) is 13.1. The van der Waals surface area contributed by atoms with Gasteiger partial charge < -0.3 is 14.5 Å². The average molecular weight is 327 g/mol. The highest BCUT2D eigenvalue weighted by molar-refractivity contribution is 5.56. The maximum Gasteiger partial charge on any atom is 0.269 e. The zero-order valence-corrected chi connectivity index (χ0v) is 13.9. The van der Waals surface area contributed by atoms with Crippen molar-refractivity contribution in [1.29, 1.82) is 0 Å². The lowest BCUT2D eigenvalue weighted by Crippen LogP contribution is -2.46. The van der Waals surface area contributed by atoms with E-state index in [0.717, 1.165) is 43.2 Å². The number of rotatable bonds is 4. The summed E-state index contributed by atoms with van der Waals surface area (Å²) in [6.45, 7) is 5.61. The van der Waals surface area contributed by atoms with Crippen LogP contribution in [0.1, 0.15) is 5.56 Å². The summed E-state index contributed by atoms with van der Waals surface area (Å²) >= 11 is 0. The number of nitrogens with zero attached hydrogens (tertiary/aromatic N) is 3. The maximum absolute atomic E-state index is 10.7. The van der Waals surface area contributed by atoms with Gasteiger partial charge in [0.2, 0.25) is 0 Å². The maximum atomic E-state index is 10.7. The van der Waals surface area contributed by atoms with Gasteiger partial charge in [-0.15, -0.1) is 0 Å². The molecule has 6 nitrogen and oxygen atoms in total. The quantitative estimate of drug-likeness (QED) is 0.637. The van der Waals surface area contributed by atoms with Crippen LogP contribution < -0.4 is 14.5 Å². The molecule has 1 saturated heterocycles. The van der Waals surface area contributed by atoms with Crippen LogP contribution in [0.3, 0.4) is 0 Å². The van der Waals surface area contributed by atoms with Crippen LogP contribution in [0.5, 0.6) is 5.75 Å². The van der Waals surface area contributed by atoms with Crippen molar-refractivity contribution in [2.75, 3.05) is 43.1 Å². The van der Waals surface area contributed by atoms with Crippen LogP contribution in [0.25, 0.3) is 0 Å². The van der Waals surface area contributed by atoms with Crippen LogP contribution in [0.4, 0.5) is 17.1 Å². The molecule has 0 atom stereocenters. The van der Waals surface area contributed by atoms with Gasteiger partial charge in [-0.05, 0) is 30.7 Å². The molecular weight excluding hydrogens is 306 g/mol. The van der Waals surface area contributed by atoms with Crippen molar-refractivity contribution in [3.63, 3.8) is 0 Å². The van der Waals surface area contributed by atoms with Gasteiger partial charge in [0.15, 0.2) is 0 Å². The summed E-state index contributed by atoms with van der Waals surface area (Å²) in [5, 5.41) is 10.7. The van der Waals surface area contributed by atoms with Crippen LogP contribution in [0.15, 0.2) is 42.5 Å². The van der Waals surface area contributed by atoms with Crippen molar-refractivity contribution in [1.82, 2.24) is 0 Å². The highest BCUT2D eigenvalue weighted by Crippen LogP contribution is 2.27. The van der Waals surface area contributed by atoms with E-state index in [4.69, 9.17) is 4.74 Å². The van der Waals surface area contributed by atoms with E-state index >= 15 is 0 Å². The van der Waals surface area contributed by atoms with Crippen LogP contribution in [-0.4, -0.2) is 38.2 Å². The minimum Gasteiger partial charge on any atom is -0.496 e. The molecule has 3 rings (SSSR count). The lowest BCUT2D eigenvalue weighted by molar-refractivity contribution is -0.384. The largest absolute Gasteiger partial charge is 0.496 e. The molecular formula is C18H21N3O3. The molecule has 0 saturated carbocycles. The summed E-state index contributed by atoms with van der Waals surface area (Å²) in [4.78, 5) is 15.0. The first-order valence-electron chi connectivity index (χ1n) is 7.97. The van der Waals surface area contributed by atoms with E-state index in [0.29, 0.717) is 0 Å². The van der Waals surface area contributed by atoms with E-state index in [1.165, 1.54) is 5.69 Å². The minimum atomic E-state index is -0.369. The normalized spacial score (nSPS) is 14.6. The molecule has 0 aromatic heterocycles. The second-order valence-electron chi connectivity index (χ2n) is 5.90. The molecule has 2 aromatic carbocycles. The molecule has 0 bridgehead atoms. The molecule has 2 aromatic rings. The topological polar surface area (TPSA) is 58.8 Å². The molecule has 0 spiro atoms. The van der Waals surface area contributed by atoms with Gasteiger partial charge in [-0.25, -0.2) is 0 Å². The first-order valence-corrected chi connectivity index (χ1v) is 7.97. The predicted molar refractivity (Wildman–Crippen MR) is 95.3 cm³/mol. The molecule has 1 fully saturated rings. The second-order valence-corrected chi connectivity index (χ2v) is 5.90. The van der Waals surface area contributed by atoms with Crippen molar-refractivity contribution in [3.8, 4) is 5.75 Å². The molecule has 0 unspecified atom stereocenters. The summed E-state index contributed by atoms with van der Waals surface area (Å²) in [5.74, 6) is 0.908. The van der Waals surface area contributed by atoms with Crippen molar-refractivity contribution >= 4 is 17.1 Å². The fourth-order valence-electron chi connectivity index (χ4n) is 3.01. The lowest BCUT2D eigenvalue weighted by atomic mass is 10.1. The Kier molecular flexibility index (Phi) is 4.55. The lowest BCUT2D eigenvalue weighted by Gasteiger charge is -2.37. The number of hydrogen-bond acceptors (Lipinski definition) is 5. The summed E-state index contributed by atoms with van der Waals surface area (Å²) < 4.78 is 5.41. The standard InChI is InChI=1S/C18H21N3O3/c1-14-3-4-17(13-18(14)24-2)20-11-9-19(10-12-20)15-5-7-16(8-6-15)21(22)23/h3-8,13H,9-12H2,1-2H3. The van der Waals surface area contributed by atoms with Crippen molar-refractivity contribution in [3.05, 3.63) is 58.1 Å². The van der Waals surface area contributed by atoms with Gasteiger partial charge in [0.05, 0.1) is 12.0 Å². The predicted octanol–water partition coefficient (Wildman–Crippen LogP) is 3.24. The molecule has 0 amide bonds. The highest BCUT2D eigenvalue weighted by Gasteiger charge is 2.19. The number of nitro benzene ring substituents is 1. The summed E-state index contributed by atoms with van der Waals surface area (Å²) in [7, 11) is 1.69. The van der Waals surface area contributed by atoms with Crippen LogP contribution >= 0.6 is 0 Å². The number of hydrogen-bond donors (Lipinski definition) is 0. The van der Waals surface area contributed by atoms with Gasteiger partial charge >= 0.3 is 0 Å². The highest BCUT2D eigenvalue weighted by atomic mass is 16.6. The number of anilines is 2. The fourth-order valence-corrected chi connectivity index (χ4v) is 3.01. The molecule has 6 heteroatoms. The first-order chi connectivity index (χ1) is 11.6. The van der Waals surface area contributed by atoms with Gasteiger partial charge in [-0.1, -0.05) is 6.07 Å². The number of ether oxygens (including phenoxy) is 1. The van der Waals surface area contributed by atoms with Gasteiger partial charge in [0.1, 0.15) is 5.75 Å². The number of nitro groups is 1. The number of non-ortho nitro benzene ring substituents is 1. The Labute approximate surface area is 141 Å². The number of aryl methyl sites for hydroxylation is 1. The van der Waals surface area contributed by atoms with E-state index in [1.807, 2.05) is 19.1 Å². The fraction of sp³-hybridized carbons (Fsp3) is 0.333. The first kappa shape index (κ1) is 16.1. The van der Waals surface area contributed by atoms with Gasteiger partial charge in [0.25, 0.3) is 5.69 Å². The monoisotopic (exact) mass is 327 g/mol. The average Bonchev–Trinajstić information content (AvgIpc) is 2.62. The second kappa shape index (κ2) is 6.78. The third-order valence-corrected chi connectivity index (χ3v) is 4.46. The smallest absolute Gasteiger partial charge is 0.269 e. The van der Waals surface area contributed by atoms with E-state index in [-0.39, 0.29) is 10.6 Å². The molecule has 1 heterocycles. The summed E-state index contributed by atoms with van der Waals surface area (Å²) in [5.41, 5.74) is 3.46. The SMILES string of the molecule is COc1cc(N2CCN(c3ccc([N+](=O)[O-])cc3)CC2)ccc1C. The Morgan fingerprint density at radius 3 is 2.04 bits per heavy atom. The van der Waals surface area contributed by atoms with Crippen LogP contribution in [0, 0.1) is 17.0 Å². The molecule has 0 aliphatic carbocycles. The zero-order valence-electron chi connectivity index (χ0n) is 13.9. The molecule has 1 aliphatic heterocycles. The van der Waals surface area contributed by atoms with Crippen LogP contribution in [-0.2, 0) is 0 Å². The third kappa shape index (κ3) is 3.27. The van der Waals surface area contributed by atoms with Gasteiger partial charge in [-0.2, -0.15) is 0 Å². The Hall–Kier alpha value is -2.76. The van der Waals surface area contributed by atoms with Crippen LogP contribution in [0.2, 0.25) is 0 Å². The van der Waals surface area contributed by atoms with E-state index in [2.05, 4.69) is 28.0 Å². The molecule has 126 valence electrons. The van der Waals surface area contributed by atoms with E-state index < -0.39 is 0 Å². The Morgan fingerprint density at radius 1 is 0.958 bits per heavy atom. The van der Waals surface area contributed by atoms with Gasteiger partial charge in [-0.3, -0.25) is 10.1 Å². The zero-order chi connectivity index (χ0) is 17.1. The Balaban J connectivity index is 1.66. The third-order valence-electron chi connectivity index (χ3n) is 4.46.